The van der Waals surface area contributed by atoms with Crippen LogP contribution in [-0.4, -0.2) is 61.2 Å². The van der Waals surface area contributed by atoms with E-state index in [9.17, 15) is 0 Å². The van der Waals surface area contributed by atoms with E-state index < -0.39 is 0 Å². The van der Waals surface area contributed by atoms with Gasteiger partial charge in [-0.1, -0.05) is 6.92 Å². The summed E-state index contributed by atoms with van der Waals surface area (Å²) < 4.78 is 0. The third kappa shape index (κ3) is 3.22. The Morgan fingerprint density at radius 1 is 1.29 bits per heavy atom. The minimum absolute atomic E-state index is 0.547. The smallest absolute Gasteiger partial charge is 0.0386 e. The average molecular weight is 235 g/mol. The second-order valence-electron chi connectivity index (χ2n) is 5.10. The maximum atomic E-state index is 3.69. The Morgan fingerprint density at radius 2 is 2.06 bits per heavy atom. The Labute approximate surface area is 106 Å². The average Bonchev–Trinajstić information content (AvgIpc) is 2.40. The molecule has 3 heterocycles. The van der Waals surface area contributed by atoms with Gasteiger partial charge in [-0.05, 0) is 19.9 Å². The summed E-state index contributed by atoms with van der Waals surface area (Å²) in [5, 5.41) is 3.69. The third-order valence-electron chi connectivity index (χ3n) is 3.94. The largest absolute Gasteiger partial charge is 0.311 e. The molecule has 0 aliphatic carbocycles. The monoisotopic (exact) mass is 235 g/mol. The van der Waals surface area contributed by atoms with Crippen molar-refractivity contribution in [2.45, 2.75) is 38.8 Å². The zero-order valence-corrected chi connectivity index (χ0v) is 11.2. The summed E-state index contributed by atoms with van der Waals surface area (Å²) in [4.78, 5) is 5.26. The van der Waals surface area contributed by atoms with E-state index in [0.717, 1.165) is 13.0 Å². The SMILES string of the molecule is CC#CCC(NCCC)C1CN2CCN1CC2. The molecule has 3 fully saturated rings. The molecule has 0 aromatic heterocycles. The minimum Gasteiger partial charge on any atom is -0.311 e. The maximum Gasteiger partial charge on any atom is 0.0386 e. The van der Waals surface area contributed by atoms with E-state index in [1.54, 1.807) is 0 Å². The molecular formula is C14H25N3. The van der Waals surface area contributed by atoms with Crippen molar-refractivity contribution >= 4 is 0 Å². The number of nitrogens with one attached hydrogen (secondary N) is 1. The van der Waals surface area contributed by atoms with Gasteiger partial charge in [-0.25, -0.2) is 0 Å². The first-order valence-electron chi connectivity index (χ1n) is 6.94. The molecule has 0 aromatic carbocycles. The van der Waals surface area contributed by atoms with Gasteiger partial charge >= 0.3 is 0 Å². The highest BCUT2D eigenvalue weighted by Crippen LogP contribution is 2.19. The summed E-state index contributed by atoms with van der Waals surface area (Å²) in [6.07, 6.45) is 2.19. The van der Waals surface area contributed by atoms with Crippen molar-refractivity contribution in [3.8, 4) is 11.8 Å². The van der Waals surface area contributed by atoms with Crippen molar-refractivity contribution in [2.24, 2.45) is 0 Å². The van der Waals surface area contributed by atoms with Crippen LogP contribution in [0.4, 0.5) is 0 Å². The molecule has 0 radical (unpaired) electrons. The van der Waals surface area contributed by atoms with Crippen molar-refractivity contribution < 1.29 is 0 Å². The van der Waals surface area contributed by atoms with Crippen molar-refractivity contribution in [3.05, 3.63) is 0 Å². The first-order valence-corrected chi connectivity index (χ1v) is 6.94. The molecule has 3 heteroatoms. The maximum absolute atomic E-state index is 3.69. The number of hydrogen-bond acceptors (Lipinski definition) is 3. The molecule has 0 spiro atoms. The fourth-order valence-electron chi connectivity index (χ4n) is 2.93. The molecule has 3 aliphatic rings. The van der Waals surface area contributed by atoms with Crippen LogP contribution >= 0.6 is 0 Å². The van der Waals surface area contributed by atoms with Crippen LogP contribution in [0.2, 0.25) is 0 Å². The van der Waals surface area contributed by atoms with E-state index in [0.29, 0.717) is 12.1 Å². The first kappa shape index (κ1) is 12.9. The van der Waals surface area contributed by atoms with E-state index in [1.807, 2.05) is 6.92 Å². The summed E-state index contributed by atoms with van der Waals surface area (Å²) in [5.74, 6) is 6.29. The highest BCUT2D eigenvalue weighted by Gasteiger charge is 2.35. The Hall–Kier alpha value is -0.560. The molecule has 2 bridgehead atoms. The van der Waals surface area contributed by atoms with Crippen LogP contribution in [0.5, 0.6) is 0 Å². The van der Waals surface area contributed by atoms with Crippen molar-refractivity contribution in [1.29, 1.82) is 0 Å². The predicted octanol–water partition coefficient (Wildman–Crippen LogP) is 0.768. The molecule has 3 saturated heterocycles. The molecule has 96 valence electrons. The Balaban J connectivity index is 1.95. The van der Waals surface area contributed by atoms with E-state index >= 15 is 0 Å². The Bertz CT molecular complexity index is 284. The third-order valence-corrected chi connectivity index (χ3v) is 3.94. The van der Waals surface area contributed by atoms with Gasteiger partial charge in [-0.15, -0.1) is 11.8 Å². The van der Waals surface area contributed by atoms with Crippen LogP contribution in [0.15, 0.2) is 0 Å². The molecule has 0 amide bonds. The van der Waals surface area contributed by atoms with Gasteiger partial charge in [-0.3, -0.25) is 9.80 Å². The predicted molar refractivity (Wildman–Crippen MR) is 71.9 cm³/mol. The van der Waals surface area contributed by atoms with Gasteiger partial charge in [0.1, 0.15) is 0 Å². The fourth-order valence-corrected chi connectivity index (χ4v) is 2.93. The highest BCUT2D eigenvalue weighted by molar-refractivity contribution is 5.03. The van der Waals surface area contributed by atoms with Crippen molar-refractivity contribution in [1.82, 2.24) is 15.1 Å². The lowest BCUT2D eigenvalue weighted by molar-refractivity contribution is -0.00239. The second-order valence-corrected chi connectivity index (χ2v) is 5.10. The number of fused-ring (bicyclic) bond motifs is 3. The number of nitrogens with zero attached hydrogens (tertiary/aromatic N) is 2. The summed E-state index contributed by atoms with van der Waals surface area (Å²) in [6, 6.07) is 1.22. The zero-order valence-electron chi connectivity index (χ0n) is 11.2. The van der Waals surface area contributed by atoms with E-state index in [1.165, 1.54) is 39.1 Å². The van der Waals surface area contributed by atoms with Gasteiger partial charge in [-0.2, -0.15) is 0 Å². The van der Waals surface area contributed by atoms with Gasteiger partial charge in [0, 0.05) is 51.2 Å². The Kier molecular flexibility index (Phi) is 4.85. The van der Waals surface area contributed by atoms with Crippen molar-refractivity contribution in [2.75, 3.05) is 39.3 Å². The molecule has 3 rings (SSSR count). The summed E-state index contributed by atoms with van der Waals surface area (Å²) in [7, 11) is 0. The van der Waals surface area contributed by atoms with Gasteiger partial charge in [0.05, 0.1) is 0 Å². The molecule has 1 N–H and O–H groups in total. The lowest BCUT2D eigenvalue weighted by atomic mass is 9.97. The topological polar surface area (TPSA) is 18.5 Å². The zero-order chi connectivity index (χ0) is 12.1. The Morgan fingerprint density at radius 3 is 2.59 bits per heavy atom. The molecule has 3 nitrogen and oxygen atoms in total. The van der Waals surface area contributed by atoms with Crippen LogP contribution < -0.4 is 5.32 Å². The van der Waals surface area contributed by atoms with Crippen LogP contribution in [0, 0.1) is 11.8 Å². The van der Waals surface area contributed by atoms with Crippen LogP contribution in [0.3, 0.4) is 0 Å². The lowest BCUT2D eigenvalue weighted by Crippen LogP contribution is -2.66. The standard InChI is InChI=1S/C14H25N3/c1-3-5-6-13(15-7-4-2)14-12-16-8-10-17(14)11-9-16/h13-15H,4,6-12H2,1-2H3. The van der Waals surface area contributed by atoms with E-state index in [-0.39, 0.29) is 0 Å². The molecule has 0 aromatic rings. The van der Waals surface area contributed by atoms with Gasteiger partial charge in [0.2, 0.25) is 0 Å². The second kappa shape index (κ2) is 6.39. The van der Waals surface area contributed by atoms with Gasteiger partial charge < -0.3 is 5.32 Å². The number of hydrogen-bond donors (Lipinski definition) is 1. The first-order chi connectivity index (χ1) is 8.35. The van der Waals surface area contributed by atoms with E-state index in [2.05, 4.69) is 33.9 Å². The van der Waals surface area contributed by atoms with Crippen LogP contribution in [0.25, 0.3) is 0 Å². The number of piperazine rings is 3. The summed E-state index contributed by atoms with van der Waals surface area (Å²) in [5.41, 5.74) is 0. The number of rotatable bonds is 5. The summed E-state index contributed by atoms with van der Waals surface area (Å²) >= 11 is 0. The van der Waals surface area contributed by atoms with Gasteiger partial charge in [0.25, 0.3) is 0 Å². The normalized spacial score (nSPS) is 32.9. The molecule has 2 atom stereocenters. The fraction of sp³-hybridized carbons (Fsp3) is 0.857. The molecular weight excluding hydrogens is 210 g/mol. The molecule has 3 aliphatic heterocycles. The quantitative estimate of drug-likeness (QED) is 0.710. The minimum atomic E-state index is 0.547. The molecule has 0 saturated carbocycles. The van der Waals surface area contributed by atoms with E-state index in [4.69, 9.17) is 0 Å². The van der Waals surface area contributed by atoms with Gasteiger partial charge in [0.15, 0.2) is 0 Å². The highest BCUT2D eigenvalue weighted by atomic mass is 15.4. The summed E-state index contributed by atoms with van der Waals surface area (Å²) in [6.45, 7) is 11.5. The van der Waals surface area contributed by atoms with Crippen LogP contribution in [0.1, 0.15) is 26.7 Å². The molecule has 17 heavy (non-hydrogen) atoms. The lowest BCUT2D eigenvalue weighted by Gasteiger charge is -2.50. The van der Waals surface area contributed by atoms with Crippen LogP contribution in [-0.2, 0) is 0 Å². The van der Waals surface area contributed by atoms with Crippen molar-refractivity contribution in [3.63, 3.8) is 0 Å². The molecule has 2 unspecified atom stereocenters.